The fraction of sp³-hybridized carbons (Fsp3) is 0.625. The molecule has 0 spiro atoms. The van der Waals surface area contributed by atoms with Crippen LogP contribution in [0.5, 0.6) is 0 Å². The number of aromatic nitrogens is 2. The smallest absolute Gasteiger partial charge is 0.219 e. The van der Waals surface area contributed by atoms with Gasteiger partial charge in [-0.3, -0.25) is 10.3 Å². The Kier molecular flexibility index (Phi) is 4.42. The van der Waals surface area contributed by atoms with Crippen LogP contribution in [0.2, 0.25) is 0 Å². The summed E-state index contributed by atoms with van der Waals surface area (Å²) in [7, 11) is 1.96. The molecule has 6 nitrogen and oxygen atoms in total. The topological polar surface area (TPSA) is 90.9 Å². The van der Waals surface area contributed by atoms with Gasteiger partial charge in [0, 0.05) is 6.04 Å². The lowest BCUT2D eigenvalue weighted by Crippen LogP contribution is -2.28. The first-order valence-corrected chi connectivity index (χ1v) is 5.35. The number of rotatable bonds is 5. The number of nitrogens with one attached hydrogen (secondary N) is 1. The number of nitrogen functional groups attached to an aromatic ring is 1. The molecule has 0 aliphatic heterocycles. The summed E-state index contributed by atoms with van der Waals surface area (Å²) >= 11 is 1.41. The number of nitriles is 1. The summed E-state index contributed by atoms with van der Waals surface area (Å²) in [6.45, 7) is 2.69. The van der Waals surface area contributed by atoms with Crippen LogP contribution in [-0.2, 0) is 6.54 Å². The minimum Gasteiger partial charge on any atom is -0.298 e. The molecule has 0 fully saturated rings. The summed E-state index contributed by atoms with van der Waals surface area (Å²) in [6.07, 6.45) is 0.511. The van der Waals surface area contributed by atoms with Crippen LogP contribution >= 0.6 is 11.3 Å². The molecule has 1 aromatic heterocycles. The lowest BCUT2D eigenvalue weighted by molar-refractivity contribution is 0.251. The van der Waals surface area contributed by atoms with Crippen molar-refractivity contribution in [2.45, 2.75) is 25.9 Å². The molecule has 15 heavy (non-hydrogen) atoms. The number of nitrogens with zero attached hydrogens (tertiary/aromatic N) is 4. The Bertz CT molecular complexity index is 343. The molecule has 0 aromatic carbocycles. The number of hydrogen-bond acceptors (Lipinski definition) is 7. The molecule has 1 aromatic rings. The van der Waals surface area contributed by atoms with Crippen molar-refractivity contribution >= 4 is 16.5 Å². The molecule has 1 heterocycles. The second-order valence-electron chi connectivity index (χ2n) is 3.27. The molecular weight excluding hydrogens is 212 g/mol. The number of hydrazine groups is 1. The molecule has 3 N–H and O–H groups in total. The normalized spacial score (nSPS) is 12.5. The quantitative estimate of drug-likeness (QED) is 0.563. The van der Waals surface area contributed by atoms with E-state index in [9.17, 15) is 0 Å². The first-order valence-electron chi connectivity index (χ1n) is 4.53. The zero-order valence-electron chi connectivity index (χ0n) is 8.77. The number of anilines is 1. The number of nitrogens with two attached hydrogens (primary N) is 1. The van der Waals surface area contributed by atoms with Gasteiger partial charge in [-0.25, -0.2) is 5.84 Å². The van der Waals surface area contributed by atoms with E-state index in [1.807, 2.05) is 14.0 Å². The predicted octanol–water partition coefficient (Wildman–Crippen LogP) is 0.558. The second-order valence-corrected chi connectivity index (χ2v) is 4.33. The van der Waals surface area contributed by atoms with Gasteiger partial charge in [0.05, 0.1) is 19.0 Å². The highest BCUT2D eigenvalue weighted by molar-refractivity contribution is 7.15. The van der Waals surface area contributed by atoms with Gasteiger partial charge < -0.3 is 0 Å². The van der Waals surface area contributed by atoms with Crippen molar-refractivity contribution in [3.8, 4) is 6.07 Å². The van der Waals surface area contributed by atoms with Gasteiger partial charge in [0.15, 0.2) is 0 Å². The molecule has 0 aliphatic carbocycles. The lowest BCUT2D eigenvalue weighted by Gasteiger charge is -2.20. The van der Waals surface area contributed by atoms with Gasteiger partial charge in [-0.1, -0.05) is 11.3 Å². The van der Waals surface area contributed by atoms with E-state index in [-0.39, 0.29) is 6.04 Å². The summed E-state index contributed by atoms with van der Waals surface area (Å²) in [5.41, 5.74) is 2.45. The van der Waals surface area contributed by atoms with Crippen LogP contribution in [0.25, 0.3) is 0 Å². The summed E-state index contributed by atoms with van der Waals surface area (Å²) in [5.74, 6) is 5.20. The van der Waals surface area contributed by atoms with Crippen LogP contribution in [0.1, 0.15) is 18.4 Å². The largest absolute Gasteiger partial charge is 0.298 e. The molecule has 0 saturated heterocycles. The monoisotopic (exact) mass is 226 g/mol. The van der Waals surface area contributed by atoms with Gasteiger partial charge in [-0.15, -0.1) is 10.2 Å². The van der Waals surface area contributed by atoms with Crippen LogP contribution in [0.4, 0.5) is 5.13 Å². The van der Waals surface area contributed by atoms with Gasteiger partial charge in [0.2, 0.25) is 5.13 Å². The van der Waals surface area contributed by atoms with Crippen LogP contribution in [-0.4, -0.2) is 28.2 Å². The molecule has 82 valence electrons. The van der Waals surface area contributed by atoms with E-state index < -0.39 is 0 Å². The molecular formula is C8H14N6S. The van der Waals surface area contributed by atoms with E-state index in [0.717, 1.165) is 5.01 Å². The van der Waals surface area contributed by atoms with E-state index >= 15 is 0 Å². The third-order valence-corrected chi connectivity index (χ3v) is 2.95. The van der Waals surface area contributed by atoms with Crippen molar-refractivity contribution in [3.63, 3.8) is 0 Å². The Morgan fingerprint density at radius 3 is 2.93 bits per heavy atom. The SMILES string of the molecule is CC(CC#N)N(C)Cc1nnc(NN)s1. The molecule has 1 unspecified atom stereocenters. The predicted molar refractivity (Wildman–Crippen MR) is 58.9 cm³/mol. The average molecular weight is 226 g/mol. The number of hydrogen-bond donors (Lipinski definition) is 2. The summed E-state index contributed by atoms with van der Waals surface area (Å²) in [5, 5.41) is 17.9. The standard InChI is InChI=1S/C8H14N6S/c1-6(3-4-9)14(2)5-7-12-13-8(11-10)15-7/h6H,3,5,10H2,1-2H3,(H,11,13). The highest BCUT2D eigenvalue weighted by atomic mass is 32.1. The fourth-order valence-electron chi connectivity index (χ4n) is 1.03. The molecule has 7 heteroatoms. The zero-order valence-corrected chi connectivity index (χ0v) is 9.58. The van der Waals surface area contributed by atoms with E-state index in [2.05, 4.69) is 26.6 Å². The Morgan fingerprint density at radius 1 is 1.67 bits per heavy atom. The Balaban J connectivity index is 2.50. The Morgan fingerprint density at radius 2 is 2.40 bits per heavy atom. The Hall–Kier alpha value is -1.23. The molecule has 0 saturated carbocycles. The first kappa shape index (κ1) is 11.8. The van der Waals surface area contributed by atoms with Crippen LogP contribution in [0.15, 0.2) is 0 Å². The molecule has 0 amide bonds. The van der Waals surface area contributed by atoms with Crippen LogP contribution < -0.4 is 11.3 Å². The van der Waals surface area contributed by atoms with Gasteiger partial charge in [0.1, 0.15) is 5.01 Å². The van der Waals surface area contributed by atoms with Gasteiger partial charge in [-0.05, 0) is 14.0 Å². The van der Waals surface area contributed by atoms with Crippen molar-refractivity contribution in [2.75, 3.05) is 12.5 Å². The third-order valence-electron chi connectivity index (χ3n) is 2.11. The highest BCUT2D eigenvalue weighted by Crippen LogP contribution is 2.16. The van der Waals surface area contributed by atoms with Crippen molar-refractivity contribution in [1.82, 2.24) is 15.1 Å². The minimum atomic E-state index is 0.216. The van der Waals surface area contributed by atoms with Crippen molar-refractivity contribution < 1.29 is 0 Å². The molecule has 1 rings (SSSR count). The maximum absolute atomic E-state index is 8.57. The minimum absolute atomic E-state index is 0.216. The van der Waals surface area contributed by atoms with E-state index in [1.165, 1.54) is 11.3 Å². The molecule has 0 bridgehead atoms. The van der Waals surface area contributed by atoms with E-state index in [0.29, 0.717) is 18.1 Å². The fourth-order valence-corrected chi connectivity index (χ4v) is 1.75. The highest BCUT2D eigenvalue weighted by Gasteiger charge is 2.11. The zero-order chi connectivity index (χ0) is 11.3. The van der Waals surface area contributed by atoms with E-state index in [1.54, 1.807) is 0 Å². The van der Waals surface area contributed by atoms with Gasteiger partial charge in [-0.2, -0.15) is 5.26 Å². The summed E-state index contributed by atoms with van der Waals surface area (Å²) < 4.78 is 0. The molecule has 0 radical (unpaired) electrons. The van der Waals surface area contributed by atoms with Crippen molar-refractivity contribution in [2.24, 2.45) is 5.84 Å². The van der Waals surface area contributed by atoms with Gasteiger partial charge >= 0.3 is 0 Å². The van der Waals surface area contributed by atoms with Crippen LogP contribution in [0, 0.1) is 11.3 Å². The third kappa shape index (κ3) is 3.43. The maximum Gasteiger partial charge on any atom is 0.219 e. The van der Waals surface area contributed by atoms with Crippen molar-refractivity contribution in [3.05, 3.63) is 5.01 Å². The molecule has 0 aliphatic rings. The summed E-state index contributed by atoms with van der Waals surface area (Å²) in [6, 6.07) is 2.36. The maximum atomic E-state index is 8.57. The second kappa shape index (κ2) is 5.60. The Labute approximate surface area is 92.7 Å². The van der Waals surface area contributed by atoms with E-state index in [4.69, 9.17) is 11.1 Å². The average Bonchev–Trinajstić information content (AvgIpc) is 2.66. The summed E-state index contributed by atoms with van der Waals surface area (Å²) in [4.78, 5) is 2.06. The lowest BCUT2D eigenvalue weighted by atomic mass is 10.2. The van der Waals surface area contributed by atoms with Crippen molar-refractivity contribution in [1.29, 1.82) is 5.26 Å². The first-order chi connectivity index (χ1) is 7.17. The van der Waals surface area contributed by atoms with Crippen LogP contribution in [0.3, 0.4) is 0 Å². The molecule has 1 atom stereocenters. The van der Waals surface area contributed by atoms with Gasteiger partial charge in [0.25, 0.3) is 0 Å².